The normalized spacial score (nSPS) is 12.7. The van der Waals surface area contributed by atoms with Crippen LogP contribution in [0, 0.1) is 20.8 Å². The van der Waals surface area contributed by atoms with Crippen molar-refractivity contribution in [2.24, 2.45) is 7.05 Å². The maximum atomic E-state index is 6.41. The third-order valence-corrected chi connectivity index (χ3v) is 4.49. The summed E-state index contributed by atoms with van der Waals surface area (Å²) in [6.07, 6.45) is 0.843. The number of nitrogens with one attached hydrogen (secondary N) is 1. The van der Waals surface area contributed by atoms with Crippen LogP contribution < -0.4 is 5.32 Å². The van der Waals surface area contributed by atoms with Gasteiger partial charge in [0.2, 0.25) is 0 Å². The first-order chi connectivity index (χ1) is 9.95. The second-order valence-corrected chi connectivity index (χ2v) is 5.97. The first-order valence-corrected chi connectivity index (χ1v) is 7.81. The Bertz CT molecular complexity index is 611. The maximum absolute atomic E-state index is 6.41. The van der Waals surface area contributed by atoms with E-state index in [4.69, 9.17) is 11.6 Å². The molecule has 0 bridgehead atoms. The van der Waals surface area contributed by atoms with Crippen molar-refractivity contribution in [3.8, 4) is 0 Å². The van der Waals surface area contributed by atoms with Crippen LogP contribution in [0.5, 0.6) is 0 Å². The Labute approximate surface area is 132 Å². The third kappa shape index (κ3) is 3.30. The molecule has 0 aliphatic heterocycles. The molecule has 1 aromatic heterocycles. The van der Waals surface area contributed by atoms with E-state index in [1.165, 1.54) is 16.7 Å². The standard InChI is InChI=1S/C17H24ClN3/c1-6-19-14(16-11(2)8-7-9-12(16)3)10-15-17(18)13(4)20-21(15)5/h7-9,14,19H,6,10H2,1-5H3. The molecule has 1 heterocycles. The van der Waals surface area contributed by atoms with Crippen LogP contribution >= 0.6 is 11.6 Å². The van der Waals surface area contributed by atoms with Crippen LogP contribution in [0.25, 0.3) is 0 Å². The van der Waals surface area contributed by atoms with E-state index < -0.39 is 0 Å². The van der Waals surface area contributed by atoms with E-state index in [9.17, 15) is 0 Å². The topological polar surface area (TPSA) is 29.9 Å². The summed E-state index contributed by atoms with van der Waals surface area (Å²) in [5.74, 6) is 0. The van der Waals surface area contributed by atoms with Crippen LogP contribution in [0.1, 0.15) is 41.0 Å². The molecule has 1 unspecified atom stereocenters. The number of hydrogen-bond acceptors (Lipinski definition) is 2. The largest absolute Gasteiger partial charge is 0.310 e. The maximum Gasteiger partial charge on any atom is 0.0847 e. The second-order valence-electron chi connectivity index (χ2n) is 5.59. The molecule has 0 aliphatic rings. The van der Waals surface area contributed by atoms with Gasteiger partial charge < -0.3 is 5.32 Å². The second kappa shape index (κ2) is 6.63. The zero-order chi connectivity index (χ0) is 15.6. The molecule has 0 saturated carbocycles. The highest BCUT2D eigenvalue weighted by atomic mass is 35.5. The highest BCUT2D eigenvalue weighted by Gasteiger charge is 2.20. The van der Waals surface area contributed by atoms with Gasteiger partial charge in [0.25, 0.3) is 0 Å². The summed E-state index contributed by atoms with van der Waals surface area (Å²) >= 11 is 6.41. The van der Waals surface area contributed by atoms with E-state index >= 15 is 0 Å². The zero-order valence-corrected chi connectivity index (χ0v) is 14.3. The molecule has 0 saturated heterocycles. The van der Waals surface area contributed by atoms with Gasteiger partial charge in [-0.2, -0.15) is 5.10 Å². The number of benzene rings is 1. The Hall–Kier alpha value is -1.32. The molecule has 21 heavy (non-hydrogen) atoms. The third-order valence-electron chi connectivity index (χ3n) is 4.00. The number of halogens is 1. The highest BCUT2D eigenvalue weighted by Crippen LogP contribution is 2.28. The van der Waals surface area contributed by atoms with Gasteiger partial charge in [0.1, 0.15) is 0 Å². The van der Waals surface area contributed by atoms with E-state index in [0.29, 0.717) is 0 Å². The molecular formula is C17H24ClN3. The lowest BCUT2D eigenvalue weighted by atomic mass is 9.93. The number of likely N-dealkylation sites (N-methyl/N-ethyl adjacent to an activating group) is 1. The van der Waals surface area contributed by atoms with E-state index in [1.54, 1.807) is 0 Å². The predicted molar refractivity (Wildman–Crippen MR) is 89.0 cm³/mol. The molecule has 2 rings (SSSR count). The molecule has 4 heteroatoms. The van der Waals surface area contributed by atoms with E-state index in [-0.39, 0.29) is 6.04 Å². The van der Waals surface area contributed by atoms with E-state index in [2.05, 4.69) is 49.4 Å². The van der Waals surface area contributed by atoms with Gasteiger partial charge in [-0.25, -0.2) is 0 Å². The molecule has 1 N–H and O–H groups in total. The lowest BCUT2D eigenvalue weighted by molar-refractivity contribution is 0.524. The summed E-state index contributed by atoms with van der Waals surface area (Å²) in [6.45, 7) is 9.35. The number of rotatable bonds is 5. The van der Waals surface area contributed by atoms with Gasteiger partial charge in [0.15, 0.2) is 0 Å². The van der Waals surface area contributed by atoms with Gasteiger partial charge in [-0.15, -0.1) is 0 Å². The summed E-state index contributed by atoms with van der Waals surface area (Å²) in [6, 6.07) is 6.70. The smallest absolute Gasteiger partial charge is 0.0847 e. The minimum Gasteiger partial charge on any atom is -0.310 e. The minimum atomic E-state index is 0.253. The summed E-state index contributed by atoms with van der Waals surface area (Å²) < 4.78 is 1.90. The summed E-state index contributed by atoms with van der Waals surface area (Å²) in [5.41, 5.74) is 5.98. The average molecular weight is 306 g/mol. The molecule has 0 fully saturated rings. The summed E-state index contributed by atoms with van der Waals surface area (Å²) in [7, 11) is 1.96. The number of aryl methyl sites for hydroxylation is 4. The van der Waals surface area contributed by atoms with Crippen molar-refractivity contribution in [1.29, 1.82) is 0 Å². The van der Waals surface area contributed by atoms with Gasteiger partial charge in [0.05, 0.1) is 16.4 Å². The molecule has 3 nitrogen and oxygen atoms in total. The molecule has 114 valence electrons. The van der Waals surface area contributed by atoms with Crippen molar-refractivity contribution in [2.75, 3.05) is 6.54 Å². The Kier molecular flexibility index (Phi) is 5.07. The molecular weight excluding hydrogens is 282 g/mol. The van der Waals surface area contributed by atoms with Crippen LogP contribution in [0.3, 0.4) is 0 Å². The number of nitrogens with zero attached hydrogens (tertiary/aromatic N) is 2. The van der Waals surface area contributed by atoms with Crippen LogP contribution in [0.15, 0.2) is 18.2 Å². The fraction of sp³-hybridized carbons (Fsp3) is 0.471. The lowest BCUT2D eigenvalue weighted by Gasteiger charge is -2.23. The van der Waals surface area contributed by atoms with Crippen molar-refractivity contribution in [3.05, 3.63) is 51.3 Å². The van der Waals surface area contributed by atoms with E-state index in [0.717, 1.165) is 29.4 Å². The Balaban J connectivity index is 2.40. The predicted octanol–water partition coefficient (Wildman–Crippen LogP) is 3.89. The molecule has 1 atom stereocenters. The molecule has 0 amide bonds. The van der Waals surface area contributed by atoms with Crippen LogP contribution in [-0.4, -0.2) is 16.3 Å². The molecule has 0 spiro atoms. The molecule has 0 aliphatic carbocycles. The SMILES string of the molecule is CCNC(Cc1c(Cl)c(C)nn1C)c1c(C)cccc1C. The Morgan fingerprint density at radius 2 is 1.86 bits per heavy atom. The number of aromatic nitrogens is 2. The molecule has 0 radical (unpaired) electrons. The Morgan fingerprint density at radius 1 is 1.24 bits per heavy atom. The molecule has 1 aromatic carbocycles. The number of hydrogen-bond donors (Lipinski definition) is 1. The van der Waals surface area contributed by atoms with E-state index in [1.807, 2.05) is 18.7 Å². The zero-order valence-electron chi connectivity index (χ0n) is 13.5. The van der Waals surface area contributed by atoms with Gasteiger partial charge in [-0.3, -0.25) is 4.68 Å². The Morgan fingerprint density at radius 3 is 2.33 bits per heavy atom. The van der Waals surface area contributed by atoms with Crippen LogP contribution in [0.2, 0.25) is 5.02 Å². The quantitative estimate of drug-likeness (QED) is 0.908. The molecule has 2 aromatic rings. The van der Waals surface area contributed by atoms with Crippen molar-refractivity contribution < 1.29 is 0 Å². The van der Waals surface area contributed by atoms with Gasteiger partial charge in [-0.1, -0.05) is 36.7 Å². The fourth-order valence-corrected chi connectivity index (χ4v) is 3.23. The van der Waals surface area contributed by atoms with Crippen molar-refractivity contribution in [2.45, 2.75) is 40.2 Å². The van der Waals surface area contributed by atoms with Crippen molar-refractivity contribution >= 4 is 11.6 Å². The summed E-state index contributed by atoms with van der Waals surface area (Å²) in [5, 5.41) is 8.80. The van der Waals surface area contributed by atoms with Gasteiger partial charge in [-0.05, 0) is 44.0 Å². The van der Waals surface area contributed by atoms with Gasteiger partial charge in [0, 0.05) is 19.5 Å². The first kappa shape index (κ1) is 16.1. The van der Waals surface area contributed by atoms with Crippen LogP contribution in [-0.2, 0) is 13.5 Å². The first-order valence-electron chi connectivity index (χ1n) is 7.43. The fourth-order valence-electron chi connectivity index (χ4n) is 2.99. The average Bonchev–Trinajstić information content (AvgIpc) is 2.65. The van der Waals surface area contributed by atoms with Crippen molar-refractivity contribution in [1.82, 2.24) is 15.1 Å². The minimum absolute atomic E-state index is 0.253. The summed E-state index contributed by atoms with van der Waals surface area (Å²) in [4.78, 5) is 0. The van der Waals surface area contributed by atoms with Gasteiger partial charge >= 0.3 is 0 Å². The monoisotopic (exact) mass is 305 g/mol. The lowest BCUT2D eigenvalue weighted by Crippen LogP contribution is -2.25. The highest BCUT2D eigenvalue weighted by molar-refractivity contribution is 6.31. The van der Waals surface area contributed by atoms with Crippen molar-refractivity contribution in [3.63, 3.8) is 0 Å². The van der Waals surface area contributed by atoms with Crippen LogP contribution in [0.4, 0.5) is 0 Å².